The number of imidazole rings is 1. The molecule has 10 heteroatoms. The molecule has 4 aromatic rings. The standard InChI is InChI=1S/C25H17F5N4O/c1-2-6-22(35)33-34-21-10-4-3-9-20(21)32-24(34)31-14-16-12-11-15(13-19(16)27)17-7-5-8-18(26)23(17)25(28,29)30/h1,3-5,7-13H,6,14H2,(H,31,32)(H,33,35). The van der Waals surface area contributed by atoms with E-state index in [1.807, 2.05) is 0 Å². The van der Waals surface area contributed by atoms with Crippen LogP contribution in [0.2, 0.25) is 0 Å². The summed E-state index contributed by atoms with van der Waals surface area (Å²) in [5, 5.41) is 2.92. The Bertz CT molecular complexity index is 1450. The van der Waals surface area contributed by atoms with Gasteiger partial charge in [-0.1, -0.05) is 42.3 Å². The summed E-state index contributed by atoms with van der Waals surface area (Å²) in [6, 6.07) is 13.4. The molecule has 0 unspecified atom stereocenters. The van der Waals surface area contributed by atoms with E-state index in [9.17, 15) is 26.7 Å². The Kier molecular flexibility index (Phi) is 6.42. The Balaban J connectivity index is 1.62. The van der Waals surface area contributed by atoms with Crippen LogP contribution in [0.15, 0.2) is 60.7 Å². The van der Waals surface area contributed by atoms with Gasteiger partial charge in [0, 0.05) is 12.1 Å². The van der Waals surface area contributed by atoms with Crippen LogP contribution in [0, 0.1) is 24.0 Å². The van der Waals surface area contributed by atoms with Crippen molar-refractivity contribution in [3.63, 3.8) is 0 Å². The summed E-state index contributed by atoms with van der Waals surface area (Å²) in [6.07, 6.45) is 0.0710. The number of nitrogens with one attached hydrogen (secondary N) is 2. The monoisotopic (exact) mass is 484 g/mol. The molecule has 0 aliphatic rings. The highest BCUT2D eigenvalue weighted by Crippen LogP contribution is 2.39. The van der Waals surface area contributed by atoms with E-state index >= 15 is 0 Å². The van der Waals surface area contributed by atoms with Crippen molar-refractivity contribution in [3.05, 3.63) is 83.4 Å². The Hall–Kier alpha value is -4.39. The fourth-order valence-electron chi connectivity index (χ4n) is 3.60. The van der Waals surface area contributed by atoms with E-state index < -0.39 is 34.8 Å². The van der Waals surface area contributed by atoms with Gasteiger partial charge in [-0.15, -0.1) is 6.42 Å². The molecule has 0 fully saturated rings. The summed E-state index contributed by atoms with van der Waals surface area (Å²) in [5.74, 6) is -0.254. The molecule has 0 saturated heterocycles. The van der Waals surface area contributed by atoms with E-state index in [2.05, 4.69) is 21.6 Å². The van der Waals surface area contributed by atoms with Gasteiger partial charge >= 0.3 is 6.18 Å². The number of para-hydroxylation sites is 2. The van der Waals surface area contributed by atoms with E-state index in [1.165, 1.54) is 16.8 Å². The smallest absolute Gasteiger partial charge is 0.350 e. The number of nitrogens with zero attached hydrogens (tertiary/aromatic N) is 2. The van der Waals surface area contributed by atoms with Crippen molar-refractivity contribution in [1.29, 1.82) is 0 Å². The summed E-state index contributed by atoms with van der Waals surface area (Å²) in [7, 11) is 0. The molecule has 0 saturated carbocycles. The van der Waals surface area contributed by atoms with Crippen LogP contribution in [-0.2, 0) is 17.5 Å². The van der Waals surface area contributed by atoms with E-state index in [-0.39, 0.29) is 30.0 Å². The molecule has 0 atom stereocenters. The molecule has 35 heavy (non-hydrogen) atoms. The second-order valence-electron chi connectivity index (χ2n) is 7.50. The van der Waals surface area contributed by atoms with Gasteiger partial charge in [0.15, 0.2) is 0 Å². The Morgan fingerprint density at radius 1 is 1.03 bits per heavy atom. The summed E-state index contributed by atoms with van der Waals surface area (Å²) in [6.45, 7) is -0.101. The van der Waals surface area contributed by atoms with E-state index in [0.717, 1.165) is 18.2 Å². The van der Waals surface area contributed by atoms with Gasteiger partial charge < -0.3 is 5.32 Å². The van der Waals surface area contributed by atoms with Gasteiger partial charge in [0.05, 0.1) is 23.0 Å². The Morgan fingerprint density at radius 3 is 2.51 bits per heavy atom. The number of aromatic nitrogens is 2. The zero-order chi connectivity index (χ0) is 25.2. The highest BCUT2D eigenvalue weighted by atomic mass is 19.4. The van der Waals surface area contributed by atoms with E-state index in [1.54, 1.807) is 24.3 Å². The number of fused-ring (bicyclic) bond motifs is 1. The van der Waals surface area contributed by atoms with E-state index in [4.69, 9.17) is 6.42 Å². The van der Waals surface area contributed by atoms with Gasteiger partial charge in [-0.05, 0) is 35.4 Å². The molecule has 0 bridgehead atoms. The fraction of sp³-hybridized carbons (Fsp3) is 0.120. The average Bonchev–Trinajstić information content (AvgIpc) is 3.14. The van der Waals surface area contributed by atoms with Gasteiger partial charge in [-0.3, -0.25) is 10.2 Å². The van der Waals surface area contributed by atoms with Crippen LogP contribution in [0.5, 0.6) is 0 Å². The zero-order valence-electron chi connectivity index (χ0n) is 18.0. The number of terminal acetylenes is 1. The van der Waals surface area contributed by atoms with Crippen molar-refractivity contribution in [2.75, 3.05) is 10.7 Å². The lowest BCUT2D eigenvalue weighted by molar-refractivity contribution is -0.139. The third-order valence-corrected chi connectivity index (χ3v) is 5.16. The maximum Gasteiger partial charge on any atom is 0.419 e. The van der Waals surface area contributed by atoms with Crippen molar-refractivity contribution in [2.24, 2.45) is 0 Å². The van der Waals surface area contributed by atoms with Gasteiger partial charge in [-0.2, -0.15) is 13.2 Å². The molecular weight excluding hydrogens is 467 g/mol. The number of hydrogen-bond acceptors (Lipinski definition) is 3. The molecule has 1 amide bonds. The molecule has 1 heterocycles. The minimum atomic E-state index is -4.94. The predicted molar refractivity (Wildman–Crippen MR) is 122 cm³/mol. The molecule has 2 N–H and O–H groups in total. The van der Waals surface area contributed by atoms with Crippen molar-refractivity contribution < 1.29 is 26.7 Å². The average molecular weight is 484 g/mol. The number of rotatable bonds is 6. The Labute approximate surface area is 196 Å². The summed E-state index contributed by atoms with van der Waals surface area (Å²) in [4.78, 5) is 16.4. The van der Waals surface area contributed by atoms with Gasteiger partial charge in [0.1, 0.15) is 11.6 Å². The minimum absolute atomic E-state index is 0.101. The van der Waals surface area contributed by atoms with Crippen molar-refractivity contribution in [1.82, 2.24) is 9.66 Å². The number of carbonyl (C=O) groups is 1. The molecule has 0 aliphatic heterocycles. The van der Waals surface area contributed by atoms with Crippen molar-refractivity contribution in [3.8, 4) is 23.5 Å². The highest BCUT2D eigenvalue weighted by Gasteiger charge is 2.37. The quantitative estimate of drug-likeness (QED) is 0.273. The first-order valence-corrected chi connectivity index (χ1v) is 10.3. The second-order valence-corrected chi connectivity index (χ2v) is 7.50. The largest absolute Gasteiger partial charge is 0.419 e. The zero-order valence-corrected chi connectivity index (χ0v) is 18.0. The molecule has 0 radical (unpaired) electrons. The number of alkyl halides is 3. The van der Waals surface area contributed by atoms with Gasteiger partial charge in [-0.25, -0.2) is 18.4 Å². The van der Waals surface area contributed by atoms with Crippen molar-refractivity contribution >= 4 is 22.9 Å². The fourth-order valence-corrected chi connectivity index (χ4v) is 3.60. The maximum absolute atomic E-state index is 14.8. The molecule has 5 nitrogen and oxygen atoms in total. The lowest BCUT2D eigenvalue weighted by Gasteiger charge is -2.15. The summed E-state index contributed by atoms with van der Waals surface area (Å²) in [5.41, 5.74) is 1.82. The van der Waals surface area contributed by atoms with Gasteiger partial charge in [0.25, 0.3) is 5.91 Å². The van der Waals surface area contributed by atoms with Crippen LogP contribution in [0.25, 0.3) is 22.2 Å². The topological polar surface area (TPSA) is 59.0 Å². The van der Waals surface area contributed by atoms with E-state index in [0.29, 0.717) is 17.1 Å². The van der Waals surface area contributed by atoms with Crippen LogP contribution in [-0.4, -0.2) is 15.6 Å². The predicted octanol–water partition coefficient (Wildman–Crippen LogP) is 5.71. The Morgan fingerprint density at radius 2 is 1.80 bits per heavy atom. The lowest BCUT2D eigenvalue weighted by Crippen LogP contribution is -2.24. The van der Waals surface area contributed by atoms with Crippen LogP contribution in [0.1, 0.15) is 17.5 Å². The maximum atomic E-state index is 14.8. The van der Waals surface area contributed by atoms with Gasteiger partial charge in [0.2, 0.25) is 5.95 Å². The summed E-state index contributed by atoms with van der Waals surface area (Å²) >= 11 is 0. The number of amides is 1. The first-order valence-electron chi connectivity index (χ1n) is 10.3. The molecule has 1 aromatic heterocycles. The SMILES string of the molecule is C#CCC(=O)Nn1c(NCc2ccc(-c3cccc(F)c3C(F)(F)F)cc2F)nc2ccccc21. The first kappa shape index (κ1) is 23.8. The summed E-state index contributed by atoms with van der Waals surface area (Å²) < 4.78 is 70.2. The number of anilines is 1. The van der Waals surface area contributed by atoms with Crippen molar-refractivity contribution in [2.45, 2.75) is 19.1 Å². The third-order valence-electron chi connectivity index (χ3n) is 5.16. The number of carbonyl (C=O) groups excluding carboxylic acids is 1. The normalized spacial score (nSPS) is 11.3. The van der Waals surface area contributed by atoms with Crippen LogP contribution < -0.4 is 10.7 Å². The lowest BCUT2D eigenvalue weighted by atomic mass is 9.97. The van der Waals surface area contributed by atoms with Crippen LogP contribution in [0.4, 0.5) is 27.9 Å². The molecule has 3 aromatic carbocycles. The first-order chi connectivity index (χ1) is 16.7. The molecule has 0 aliphatic carbocycles. The van der Waals surface area contributed by atoms with Crippen LogP contribution >= 0.6 is 0 Å². The minimum Gasteiger partial charge on any atom is -0.350 e. The number of hydrogen-bond donors (Lipinski definition) is 2. The molecule has 4 rings (SSSR count). The molecular formula is C25H17F5N4O. The molecule has 0 spiro atoms. The second kappa shape index (κ2) is 9.46. The number of halogens is 5. The highest BCUT2D eigenvalue weighted by molar-refractivity contribution is 5.89. The third kappa shape index (κ3) is 4.94. The van der Waals surface area contributed by atoms with Crippen LogP contribution in [0.3, 0.4) is 0 Å². The number of benzene rings is 3. The molecule has 178 valence electrons.